The highest BCUT2D eigenvalue weighted by molar-refractivity contribution is 14.0. The zero-order chi connectivity index (χ0) is 23.2. The van der Waals surface area contributed by atoms with Gasteiger partial charge in [0.05, 0.1) is 13.7 Å². The van der Waals surface area contributed by atoms with Crippen molar-refractivity contribution in [3.63, 3.8) is 0 Å². The number of unbranched alkanes of at least 4 members (excludes halogenated alkanes) is 1. The minimum Gasteiger partial charge on any atom is -0.493 e. The zero-order valence-corrected chi connectivity index (χ0v) is 22.4. The third kappa shape index (κ3) is 10.8. The van der Waals surface area contributed by atoms with Crippen molar-refractivity contribution in [1.29, 1.82) is 0 Å². The molecule has 0 unspecified atom stereocenters. The number of rotatable bonds is 12. The Hall–Kier alpha value is -2.49. The van der Waals surface area contributed by atoms with Gasteiger partial charge < -0.3 is 25.4 Å². The molecule has 0 radical (unpaired) electrons. The summed E-state index contributed by atoms with van der Waals surface area (Å²) >= 11 is 0. The molecule has 0 saturated carbocycles. The van der Waals surface area contributed by atoms with Gasteiger partial charge in [0.25, 0.3) is 5.91 Å². The number of hydrogen-bond donors (Lipinski definition) is 3. The van der Waals surface area contributed by atoms with Gasteiger partial charge in [-0.25, -0.2) is 4.99 Å². The van der Waals surface area contributed by atoms with E-state index < -0.39 is 0 Å². The SMILES string of the molecule is CCCCNC(=NCc1ccc(OCC(=O)NCC)c(OC)c1)NCc1ccc(C)cc1.I. The Morgan fingerprint density at radius 3 is 2.36 bits per heavy atom. The van der Waals surface area contributed by atoms with E-state index in [2.05, 4.69) is 54.1 Å². The smallest absolute Gasteiger partial charge is 0.257 e. The predicted octanol–water partition coefficient (Wildman–Crippen LogP) is 4.17. The van der Waals surface area contributed by atoms with Crippen molar-refractivity contribution < 1.29 is 14.3 Å². The number of aryl methyl sites for hydroxylation is 1. The lowest BCUT2D eigenvalue weighted by Gasteiger charge is -2.14. The van der Waals surface area contributed by atoms with E-state index in [0.29, 0.717) is 31.1 Å². The van der Waals surface area contributed by atoms with Crippen LogP contribution in [0.4, 0.5) is 0 Å². The Morgan fingerprint density at radius 2 is 1.70 bits per heavy atom. The Bertz CT molecular complexity index is 872. The first-order valence-corrected chi connectivity index (χ1v) is 11.2. The molecule has 2 aromatic carbocycles. The molecule has 0 aliphatic heterocycles. The molecule has 0 atom stereocenters. The maximum atomic E-state index is 11.6. The van der Waals surface area contributed by atoms with E-state index in [0.717, 1.165) is 30.9 Å². The molecule has 0 aliphatic rings. The zero-order valence-electron chi connectivity index (χ0n) is 20.1. The number of carbonyl (C=O) groups excluding carboxylic acids is 1. The van der Waals surface area contributed by atoms with Crippen molar-refractivity contribution >= 4 is 35.8 Å². The molecular formula is C25H37IN4O3. The van der Waals surface area contributed by atoms with Crippen LogP contribution in [0.2, 0.25) is 0 Å². The van der Waals surface area contributed by atoms with Crippen LogP contribution in [-0.2, 0) is 17.9 Å². The maximum absolute atomic E-state index is 11.6. The number of halogens is 1. The average Bonchev–Trinajstić information content (AvgIpc) is 2.80. The number of benzene rings is 2. The van der Waals surface area contributed by atoms with E-state index in [-0.39, 0.29) is 36.5 Å². The number of nitrogens with zero attached hydrogens (tertiary/aromatic N) is 1. The highest BCUT2D eigenvalue weighted by Crippen LogP contribution is 2.28. The lowest BCUT2D eigenvalue weighted by atomic mass is 10.1. The third-order valence-corrected chi connectivity index (χ3v) is 4.78. The van der Waals surface area contributed by atoms with Crippen LogP contribution in [0.25, 0.3) is 0 Å². The standard InChI is InChI=1S/C25H36N4O3.HI/c1-5-7-14-27-25(28-16-20-10-8-19(3)9-11-20)29-17-21-12-13-22(23(15-21)31-4)32-18-24(30)26-6-2;/h8-13,15H,5-7,14,16-18H2,1-4H3,(H,26,30)(H2,27,28,29);1H. The van der Waals surface area contributed by atoms with Gasteiger partial charge in [-0.1, -0.05) is 49.2 Å². The number of nitrogens with one attached hydrogen (secondary N) is 3. The summed E-state index contributed by atoms with van der Waals surface area (Å²) in [5.74, 6) is 1.72. The summed E-state index contributed by atoms with van der Waals surface area (Å²) in [6.07, 6.45) is 2.20. The molecule has 33 heavy (non-hydrogen) atoms. The third-order valence-electron chi connectivity index (χ3n) is 4.78. The predicted molar refractivity (Wildman–Crippen MR) is 145 cm³/mol. The van der Waals surface area contributed by atoms with Gasteiger partial charge >= 0.3 is 0 Å². The molecular weight excluding hydrogens is 531 g/mol. The number of hydrogen-bond acceptors (Lipinski definition) is 4. The normalized spacial score (nSPS) is 10.7. The number of aliphatic imine (C=N–C) groups is 1. The molecule has 0 saturated heterocycles. The number of likely N-dealkylation sites (N-methyl/N-ethyl adjacent to an activating group) is 1. The van der Waals surface area contributed by atoms with Gasteiger partial charge in [-0.2, -0.15) is 0 Å². The van der Waals surface area contributed by atoms with E-state index in [4.69, 9.17) is 14.5 Å². The molecule has 0 bridgehead atoms. The summed E-state index contributed by atoms with van der Waals surface area (Å²) in [6, 6.07) is 14.1. The van der Waals surface area contributed by atoms with Crippen LogP contribution in [0.5, 0.6) is 11.5 Å². The second-order valence-corrected chi connectivity index (χ2v) is 7.51. The van der Waals surface area contributed by atoms with Gasteiger partial charge in [-0.05, 0) is 43.5 Å². The highest BCUT2D eigenvalue weighted by atomic mass is 127. The minimum absolute atomic E-state index is 0. The van der Waals surface area contributed by atoms with E-state index in [1.807, 2.05) is 25.1 Å². The van der Waals surface area contributed by atoms with E-state index in [1.54, 1.807) is 7.11 Å². The first-order valence-electron chi connectivity index (χ1n) is 11.2. The van der Waals surface area contributed by atoms with Gasteiger partial charge in [0.1, 0.15) is 0 Å². The van der Waals surface area contributed by atoms with E-state index >= 15 is 0 Å². The summed E-state index contributed by atoms with van der Waals surface area (Å²) < 4.78 is 11.0. The van der Waals surface area contributed by atoms with Crippen molar-refractivity contribution in [2.75, 3.05) is 26.8 Å². The highest BCUT2D eigenvalue weighted by Gasteiger charge is 2.09. The van der Waals surface area contributed by atoms with Crippen molar-refractivity contribution in [2.24, 2.45) is 4.99 Å². The van der Waals surface area contributed by atoms with Crippen molar-refractivity contribution in [3.8, 4) is 11.5 Å². The molecule has 1 amide bonds. The molecule has 0 aromatic heterocycles. The maximum Gasteiger partial charge on any atom is 0.257 e. The first-order chi connectivity index (χ1) is 15.5. The van der Waals surface area contributed by atoms with Crippen molar-refractivity contribution in [1.82, 2.24) is 16.0 Å². The monoisotopic (exact) mass is 568 g/mol. The number of methoxy groups -OCH3 is 1. The fraction of sp³-hybridized carbons (Fsp3) is 0.440. The Balaban J connectivity index is 0.00000544. The molecule has 0 aliphatic carbocycles. The second-order valence-electron chi connectivity index (χ2n) is 7.51. The second kappa shape index (κ2) is 16.2. The van der Waals surface area contributed by atoms with Crippen LogP contribution >= 0.6 is 24.0 Å². The summed E-state index contributed by atoms with van der Waals surface area (Å²) in [5.41, 5.74) is 3.44. The molecule has 7 nitrogen and oxygen atoms in total. The van der Waals surface area contributed by atoms with Gasteiger partial charge in [0, 0.05) is 19.6 Å². The summed E-state index contributed by atoms with van der Waals surface area (Å²) in [4.78, 5) is 16.4. The number of guanidine groups is 1. The van der Waals surface area contributed by atoms with Gasteiger partial charge in [0.2, 0.25) is 0 Å². The molecule has 3 N–H and O–H groups in total. The van der Waals surface area contributed by atoms with Crippen LogP contribution in [0.3, 0.4) is 0 Å². The van der Waals surface area contributed by atoms with Gasteiger partial charge in [-0.15, -0.1) is 24.0 Å². The van der Waals surface area contributed by atoms with Crippen molar-refractivity contribution in [3.05, 3.63) is 59.2 Å². The molecule has 2 aromatic rings. The molecule has 2 rings (SSSR count). The van der Waals surface area contributed by atoms with Gasteiger partial charge in [-0.3, -0.25) is 4.79 Å². The average molecular weight is 569 g/mol. The fourth-order valence-corrected chi connectivity index (χ4v) is 2.94. The van der Waals surface area contributed by atoms with Gasteiger partial charge in [0.15, 0.2) is 24.1 Å². The quantitative estimate of drug-likeness (QED) is 0.155. The van der Waals surface area contributed by atoms with E-state index in [1.165, 1.54) is 11.1 Å². The van der Waals surface area contributed by atoms with Crippen LogP contribution in [0, 0.1) is 6.92 Å². The largest absolute Gasteiger partial charge is 0.493 e. The van der Waals surface area contributed by atoms with Crippen LogP contribution < -0.4 is 25.4 Å². The Labute approximate surface area is 214 Å². The fourth-order valence-electron chi connectivity index (χ4n) is 2.94. The number of carbonyl (C=O) groups is 1. The summed E-state index contributed by atoms with van der Waals surface area (Å²) in [6.45, 7) is 8.71. The molecule has 8 heteroatoms. The lowest BCUT2D eigenvalue weighted by Crippen LogP contribution is -2.37. The number of amides is 1. The van der Waals surface area contributed by atoms with Crippen LogP contribution in [0.1, 0.15) is 43.4 Å². The van der Waals surface area contributed by atoms with Crippen LogP contribution in [-0.4, -0.2) is 38.7 Å². The topological polar surface area (TPSA) is 84.0 Å². The molecule has 0 fully saturated rings. The molecule has 0 heterocycles. The lowest BCUT2D eigenvalue weighted by molar-refractivity contribution is -0.123. The minimum atomic E-state index is -0.161. The van der Waals surface area contributed by atoms with Crippen molar-refractivity contribution in [2.45, 2.75) is 46.7 Å². The summed E-state index contributed by atoms with van der Waals surface area (Å²) in [5, 5.41) is 9.51. The Kier molecular flexibility index (Phi) is 14.0. The Morgan fingerprint density at radius 1 is 0.970 bits per heavy atom. The first kappa shape index (κ1) is 28.5. The summed E-state index contributed by atoms with van der Waals surface area (Å²) in [7, 11) is 1.59. The molecule has 0 spiro atoms. The molecule has 182 valence electrons. The number of ether oxygens (including phenoxy) is 2. The van der Waals surface area contributed by atoms with E-state index in [9.17, 15) is 4.79 Å². The van der Waals surface area contributed by atoms with Crippen LogP contribution in [0.15, 0.2) is 47.5 Å².